The first-order valence-corrected chi connectivity index (χ1v) is 7.75. The van der Waals surface area contributed by atoms with E-state index in [4.69, 9.17) is 9.47 Å². The van der Waals surface area contributed by atoms with E-state index >= 15 is 0 Å². The molecule has 1 aromatic heterocycles. The first-order chi connectivity index (χ1) is 11.2. The number of benzene rings is 1. The van der Waals surface area contributed by atoms with Crippen LogP contribution in [0.5, 0.6) is 5.75 Å². The zero-order valence-corrected chi connectivity index (χ0v) is 13.2. The summed E-state index contributed by atoms with van der Waals surface area (Å²) in [5.41, 5.74) is 2.43. The van der Waals surface area contributed by atoms with E-state index < -0.39 is 0 Å². The van der Waals surface area contributed by atoms with Gasteiger partial charge in [0.1, 0.15) is 5.75 Å². The summed E-state index contributed by atoms with van der Waals surface area (Å²) in [5.74, 6) is 0.106. The van der Waals surface area contributed by atoms with Gasteiger partial charge in [0, 0.05) is 19.6 Å². The molecule has 1 aromatic carbocycles. The van der Waals surface area contributed by atoms with E-state index in [0.717, 1.165) is 44.1 Å². The molecule has 3 rings (SSSR count). The average Bonchev–Trinajstić information content (AvgIpc) is 2.58. The third-order valence-corrected chi connectivity index (χ3v) is 3.86. The fraction of sp³-hybridized carbons (Fsp3) is 0.333. The van der Waals surface area contributed by atoms with Crippen molar-refractivity contribution in [2.45, 2.75) is 13.5 Å². The van der Waals surface area contributed by atoms with E-state index in [1.165, 1.54) is 0 Å². The van der Waals surface area contributed by atoms with Gasteiger partial charge in [-0.3, -0.25) is 9.88 Å². The molecule has 23 heavy (non-hydrogen) atoms. The van der Waals surface area contributed by atoms with E-state index in [9.17, 15) is 4.79 Å². The Labute approximate surface area is 135 Å². The van der Waals surface area contributed by atoms with Crippen molar-refractivity contribution in [2.75, 3.05) is 26.3 Å². The molecule has 1 saturated heterocycles. The fourth-order valence-corrected chi connectivity index (χ4v) is 2.52. The second-order valence-corrected chi connectivity index (χ2v) is 5.58. The fourth-order valence-electron chi connectivity index (χ4n) is 2.52. The monoisotopic (exact) mass is 312 g/mol. The highest BCUT2D eigenvalue weighted by Gasteiger charge is 2.13. The van der Waals surface area contributed by atoms with Crippen LogP contribution in [0.1, 0.15) is 21.6 Å². The maximum absolute atomic E-state index is 12.2. The molecule has 120 valence electrons. The maximum Gasteiger partial charge on any atom is 0.343 e. The minimum Gasteiger partial charge on any atom is -0.421 e. The number of aromatic nitrogens is 1. The highest BCUT2D eigenvalue weighted by molar-refractivity contribution is 5.92. The van der Waals surface area contributed by atoms with E-state index in [0.29, 0.717) is 11.3 Å². The van der Waals surface area contributed by atoms with Crippen LogP contribution in [0.25, 0.3) is 0 Å². The Hall–Kier alpha value is -2.24. The van der Waals surface area contributed by atoms with Gasteiger partial charge >= 0.3 is 5.97 Å². The number of morpholine rings is 1. The summed E-state index contributed by atoms with van der Waals surface area (Å²) in [6, 6.07) is 11.1. The third kappa shape index (κ3) is 4.15. The number of hydrogen-bond acceptors (Lipinski definition) is 5. The number of nitrogens with zero attached hydrogens (tertiary/aromatic N) is 2. The largest absolute Gasteiger partial charge is 0.421 e. The van der Waals surface area contributed by atoms with E-state index in [1.54, 1.807) is 18.3 Å². The number of aryl methyl sites for hydroxylation is 1. The molecule has 0 bridgehead atoms. The van der Waals surface area contributed by atoms with E-state index in [1.807, 2.05) is 31.2 Å². The summed E-state index contributed by atoms with van der Waals surface area (Å²) in [6.07, 6.45) is 1.60. The molecule has 1 aliphatic rings. The number of esters is 1. The molecular formula is C18H20N2O3. The van der Waals surface area contributed by atoms with Crippen molar-refractivity contribution >= 4 is 5.97 Å². The lowest BCUT2D eigenvalue weighted by Gasteiger charge is -2.26. The summed E-state index contributed by atoms with van der Waals surface area (Å²) >= 11 is 0. The zero-order chi connectivity index (χ0) is 16.1. The molecule has 0 radical (unpaired) electrons. The van der Waals surface area contributed by atoms with Gasteiger partial charge in [0.2, 0.25) is 0 Å². The molecule has 0 N–H and O–H groups in total. The SMILES string of the molecule is Cc1ccccc1C(=O)Oc1ccc(CN2CCOCC2)nc1. The predicted molar refractivity (Wildman–Crippen MR) is 86.5 cm³/mol. The molecule has 1 aliphatic heterocycles. The van der Waals surface area contributed by atoms with Crippen molar-refractivity contribution in [3.63, 3.8) is 0 Å². The Kier molecular flexibility index (Phi) is 5.00. The molecule has 0 spiro atoms. The topological polar surface area (TPSA) is 51.7 Å². The lowest BCUT2D eigenvalue weighted by atomic mass is 10.1. The van der Waals surface area contributed by atoms with Gasteiger partial charge in [-0.15, -0.1) is 0 Å². The van der Waals surface area contributed by atoms with Crippen LogP contribution >= 0.6 is 0 Å². The molecule has 2 heterocycles. The van der Waals surface area contributed by atoms with Crippen LogP contribution < -0.4 is 4.74 Å². The molecule has 0 atom stereocenters. The number of rotatable bonds is 4. The van der Waals surface area contributed by atoms with Crippen LogP contribution in [0.2, 0.25) is 0 Å². The second-order valence-electron chi connectivity index (χ2n) is 5.58. The van der Waals surface area contributed by atoms with Gasteiger partial charge in [-0.05, 0) is 30.7 Å². The van der Waals surface area contributed by atoms with Gasteiger partial charge in [-0.1, -0.05) is 18.2 Å². The maximum atomic E-state index is 12.2. The first-order valence-electron chi connectivity index (χ1n) is 7.75. The summed E-state index contributed by atoms with van der Waals surface area (Å²) in [5, 5.41) is 0. The average molecular weight is 312 g/mol. The summed E-state index contributed by atoms with van der Waals surface area (Å²) < 4.78 is 10.7. The van der Waals surface area contributed by atoms with Gasteiger partial charge in [0.15, 0.2) is 0 Å². The van der Waals surface area contributed by atoms with Crippen LogP contribution in [-0.2, 0) is 11.3 Å². The van der Waals surface area contributed by atoms with Crippen LogP contribution in [0.15, 0.2) is 42.6 Å². The number of pyridine rings is 1. The summed E-state index contributed by atoms with van der Waals surface area (Å²) in [6.45, 7) is 6.06. The van der Waals surface area contributed by atoms with Gasteiger partial charge in [0.25, 0.3) is 0 Å². The van der Waals surface area contributed by atoms with Crippen LogP contribution in [0, 0.1) is 6.92 Å². The van der Waals surface area contributed by atoms with Crippen molar-refractivity contribution < 1.29 is 14.3 Å². The molecule has 0 saturated carbocycles. The van der Waals surface area contributed by atoms with Crippen molar-refractivity contribution in [3.8, 4) is 5.75 Å². The highest BCUT2D eigenvalue weighted by atomic mass is 16.5. The minimum absolute atomic E-state index is 0.356. The molecule has 0 unspecified atom stereocenters. The lowest BCUT2D eigenvalue weighted by molar-refractivity contribution is 0.0336. The Morgan fingerprint density at radius 2 is 2.00 bits per heavy atom. The summed E-state index contributed by atoms with van der Waals surface area (Å²) in [4.78, 5) is 18.8. The van der Waals surface area contributed by atoms with E-state index in [-0.39, 0.29) is 5.97 Å². The Morgan fingerprint density at radius 1 is 1.22 bits per heavy atom. The second kappa shape index (κ2) is 7.35. The standard InChI is InChI=1S/C18H20N2O3/c1-14-4-2-3-5-17(14)18(21)23-16-7-6-15(19-12-16)13-20-8-10-22-11-9-20/h2-7,12H,8-11,13H2,1H3. The molecule has 2 aromatic rings. The van der Waals surface area contributed by atoms with Crippen molar-refractivity contribution in [1.29, 1.82) is 0 Å². The molecule has 0 aliphatic carbocycles. The quantitative estimate of drug-likeness (QED) is 0.812. The number of carbonyl (C=O) groups excluding carboxylic acids is 1. The van der Waals surface area contributed by atoms with Gasteiger partial charge in [-0.2, -0.15) is 0 Å². The molecular weight excluding hydrogens is 292 g/mol. The Bertz CT molecular complexity index is 664. The van der Waals surface area contributed by atoms with Crippen LogP contribution in [0.4, 0.5) is 0 Å². The normalized spacial score (nSPS) is 15.3. The molecule has 5 heteroatoms. The number of ether oxygens (including phenoxy) is 2. The van der Waals surface area contributed by atoms with Crippen molar-refractivity contribution in [2.24, 2.45) is 0 Å². The van der Waals surface area contributed by atoms with Gasteiger partial charge in [0.05, 0.1) is 30.7 Å². The molecule has 1 fully saturated rings. The zero-order valence-electron chi connectivity index (χ0n) is 13.2. The van der Waals surface area contributed by atoms with Gasteiger partial charge in [-0.25, -0.2) is 4.79 Å². The van der Waals surface area contributed by atoms with Gasteiger partial charge < -0.3 is 9.47 Å². The van der Waals surface area contributed by atoms with Crippen LogP contribution in [-0.4, -0.2) is 42.2 Å². The lowest BCUT2D eigenvalue weighted by Crippen LogP contribution is -2.35. The smallest absolute Gasteiger partial charge is 0.343 e. The van der Waals surface area contributed by atoms with Crippen molar-refractivity contribution in [1.82, 2.24) is 9.88 Å². The summed E-state index contributed by atoms with van der Waals surface area (Å²) in [7, 11) is 0. The predicted octanol–water partition coefficient (Wildman–Crippen LogP) is 2.44. The highest BCUT2D eigenvalue weighted by Crippen LogP contribution is 2.15. The van der Waals surface area contributed by atoms with Crippen LogP contribution in [0.3, 0.4) is 0 Å². The number of hydrogen-bond donors (Lipinski definition) is 0. The Balaban J connectivity index is 1.61. The third-order valence-electron chi connectivity index (χ3n) is 3.86. The van der Waals surface area contributed by atoms with E-state index in [2.05, 4.69) is 9.88 Å². The molecule has 0 amide bonds. The number of carbonyl (C=O) groups is 1. The first kappa shape index (κ1) is 15.6. The minimum atomic E-state index is -0.356. The molecule has 5 nitrogen and oxygen atoms in total. The Morgan fingerprint density at radius 3 is 2.70 bits per heavy atom. The van der Waals surface area contributed by atoms with Crippen molar-refractivity contribution in [3.05, 3.63) is 59.4 Å².